The molecular formula is C18H18FNO4. The molecule has 1 atom stereocenters. The third-order valence-electron chi connectivity index (χ3n) is 3.34. The van der Waals surface area contributed by atoms with Gasteiger partial charge in [0.25, 0.3) is 5.91 Å². The second-order valence-electron chi connectivity index (χ2n) is 5.32. The van der Waals surface area contributed by atoms with Crippen molar-refractivity contribution in [3.63, 3.8) is 0 Å². The summed E-state index contributed by atoms with van der Waals surface area (Å²) >= 11 is 0. The van der Waals surface area contributed by atoms with Crippen molar-refractivity contribution in [1.82, 2.24) is 5.32 Å². The lowest BCUT2D eigenvalue weighted by molar-refractivity contribution is -0.154. The summed E-state index contributed by atoms with van der Waals surface area (Å²) in [5, 5.41) is 11.8. The van der Waals surface area contributed by atoms with E-state index in [1.807, 2.05) is 0 Å². The summed E-state index contributed by atoms with van der Waals surface area (Å²) in [5.74, 6) is -1.20. The van der Waals surface area contributed by atoms with Gasteiger partial charge in [-0.15, -0.1) is 0 Å². The zero-order chi connectivity index (χ0) is 17.5. The number of benzene rings is 2. The van der Waals surface area contributed by atoms with E-state index in [4.69, 9.17) is 4.74 Å². The molecule has 0 unspecified atom stereocenters. The number of ether oxygens (including phenoxy) is 1. The first kappa shape index (κ1) is 17.5. The quantitative estimate of drug-likeness (QED) is 0.797. The number of phenols is 1. The van der Waals surface area contributed by atoms with E-state index in [-0.39, 0.29) is 24.5 Å². The number of rotatable bonds is 6. The van der Waals surface area contributed by atoms with Crippen LogP contribution >= 0.6 is 0 Å². The molecule has 0 aliphatic rings. The largest absolute Gasteiger partial charge is 0.508 e. The lowest BCUT2D eigenvalue weighted by atomic mass is 10.1. The van der Waals surface area contributed by atoms with Crippen LogP contribution in [0.4, 0.5) is 4.39 Å². The molecule has 2 N–H and O–H groups in total. The highest BCUT2D eigenvalue weighted by atomic mass is 19.1. The van der Waals surface area contributed by atoms with Crippen molar-refractivity contribution >= 4 is 11.9 Å². The normalized spacial score (nSPS) is 11.6. The third-order valence-corrected chi connectivity index (χ3v) is 3.34. The average Bonchev–Trinajstić information content (AvgIpc) is 2.56. The van der Waals surface area contributed by atoms with Crippen LogP contribution in [0.25, 0.3) is 0 Å². The summed E-state index contributed by atoms with van der Waals surface area (Å²) in [6.45, 7) is 1.70. The molecule has 0 heterocycles. The first-order valence-corrected chi connectivity index (χ1v) is 7.43. The minimum absolute atomic E-state index is 0.00978. The highest BCUT2D eigenvalue weighted by molar-refractivity contribution is 5.83. The van der Waals surface area contributed by atoms with Crippen LogP contribution in [0.15, 0.2) is 48.5 Å². The van der Waals surface area contributed by atoms with Crippen molar-refractivity contribution < 1.29 is 23.8 Å². The summed E-state index contributed by atoms with van der Waals surface area (Å²) in [4.78, 5) is 23.7. The Kier molecular flexibility index (Phi) is 5.89. The van der Waals surface area contributed by atoms with E-state index in [1.165, 1.54) is 31.2 Å². The van der Waals surface area contributed by atoms with E-state index in [2.05, 4.69) is 5.32 Å². The van der Waals surface area contributed by atoms with Crippen LogP contribution in [0, 0.1) is 5.82 Å². The molecule has 0 bridgehead atoms. The number of carbonyl (C=O) groups is 2. The Morgan fingerprint density at radius 2 is 1.67 bits per heavy atom. The van der Waals surface area contributed by atoms with Gasteiger partial charge in [-0.05, 0) is 42.3 Å². The van der Waals surface area contributed by atoms with E-state index < -0.39 is 18.0 Å². The van der Waals surface area contributed by atoms with Crippen molar-refractivity contribution in [3.05, 3.63) is 65.5 Å². The minimum atomic E-state index is -0.935. The average molecular weight is 331 g/mol. The first-order chi connectivity index (χ1) is 11.4. The Balaban J connectivity index is 1.78. The molecule has 0 saturated heterocycles. The lowest BCUT2D eigenvalue weighted by Crippen LogP contribution is -2.35. The van der Waals surface area contributed by atoms with Gasteiger partial charge in [0.2, 0.25) is 0 Å². The maximum Gasteiger partial charge on any atom is 0.311 e. The minimum Gasteiger partial charge on any atom is -0.508 e. The lowest BCUT2D eigenvalue weighted by Gasteiger charge is -2.13. The Morgan fingerprint density at radius 3 is 2.29 bits per heavy atom. The molecule has 126 valence electrons. The predicted molar refractivity (Wildman–Crippen MR) is 85.6 cm³/mol. The Labute approximate surface area is 139 Å². The molecule has 0 aromatic heterocycles. The molecule has 1 amide bonds. The van der Waals surface area contributed by atoms with Gasteiger partial charge >= 0.3 is 5.97 Å². The molecule has 24 heavy (non-hydrogen) atoms. The summed E-state index contributed by atoms with van der Waals surface area (Å²) in [6.07, 6.45) is -0.925. The summed E-state index contributed by atoms with van der Waals surface area (Å²) in [7, 11) is 0. The molecular weight excluding hydrogens is 313 g/mol. The molecule has 0 aliphatic heterocycles. The fourth-order valence-electron chi connectivity index (χ4n) is 2.01. The van der Waals surface area contributed by atoms with Crippen molar-refractivity contribution in [3.8, 4) is 5.75 Å². The second kappa shape index (κ2) is 8.10. The van der Waals surface area contributed by atoms with Gasteiger partial charge < -0.3 is 15.2 Å². The van der Waals surface area contributed by atoms with Gasteiger partial charge in [-0.1, -0.05) is 24.3 Å². The van der Waals surface area contributed by atoms with E-state index >= 15 is 0 Å². The Bertz CT molecular complexity index is 698. The van der Waals surface area contributed by atoms with Crippen LogP contribution in [0.1, 0.15) is 18.1 Å². The molecule has 6 heteroatoms. The van der Waals surface area contributed by atoms with Crippen molar-refractivity contribution in [2.45, 2.75) is 26.0 Å². The fraction of sp³-hybridized carbons (Fsp3) is 0.222. The predicted octanol–water partition coefficient (Wildman–Crippen LogP) is 2.32. The summed E-state index contributed by atoms with van der Waals surface area (Å²) in [6, 6.07) is 11.9. The van der Waals surface area contributed by atoms with Crippen LogP contribution in [0.3, 0.4) is 0 Å². The van der Waals surface area contributed by atoms with Gasteiger partial charge in [0.15, 0.2) is 6.10 Å². The number of nitrogens with one attached hydrogen (secondary N) is 1. The van der Waals surface area contributed by atoms with Crippen LogP contribution in [0.2, 0.25) is 0 Å². The molecule has 2 aromatic rings. The number of halogens is 1. The van der Waals surface area contributed by atoms with Crippen LogP contribution in [-0.2, 0) is 27.3 Å². The molecule has 2 aromatic carbocycles. The van der Waals surface area contributed by atoms with Gasteiger partial charge in [0.05, 0.1) is 6.42 Å². The zero-order valence-electron chi connectivity index (χ0n) is 13.2. The van der Waals surface area contributed by atoms with Gasteiger partial charge in [-0.3, -0.25) is 9.59 Å². The number of hydrogen-bond acceptors (Lipinski definition) is 4. The van der Waals surface area contributed by atoms with Crippen molar-refractivity contribution in [2.75, 3.05) is 0 Å². The highest BCUT2D eigenvalue weighted by Crippen LogP contribution is 2.11. The molecule has 2 rings (SSSR count). The second-order valence-corrected chi connectivity index (χ2v) is 5.32. The number of hydrogen-bond donors (Lipinski definition) is 2. The van der Waals surface area contributed by atoms with Crippen molar-refractivity contribution in [1.29, 1.82) is 0 Å². The van der Waals surface area contributed by atoms with Crippen LogP contribution < -0.4 is 5.32 Å². The Hall–Kier alpha value is -2.89. The van der Waals surface area contributed by atoms with Crippen molar-refractivity contribution in [2.24, 2.45) is 0 Å². The van der Waals surface area contributed by atoms with E-state index in [1.54, 1.807) is 24.3 Å². The molecule has 0 aliphatic carbocycles. The standard InChI is InChI=1S/C18H18FNO4/c1-12(18(23)20-11-14-2-6-15(19)7-3-14)24-17(22)10-13-4-8-16(21)9-5-13/h2-9,12,21H,10-11H2,1H3,(H,20,23)/t12-/m0/s1. The third kappa shape index (κ3) is 5.39. The monoisotopic (exact) mass is 331 g/mol. The van der Waals surface area contributed by atoms with Gasteiger partial charge in [0.1, 0.15) is 11.6 Å². The number of aromatic hydroxyl groups is 1. The number of esters is 1. The summed E-state index contributed by atoms with van der Waals surface area (Å²) < 4.78 is 17.9. The Morgan fingerprint density at radius 1 is 1.08 bits per heavy atom. The van der Waals surface area contributed by atoms with E-state index in [0.717, 1.165) is 5.56 Å². The highest BCUT2D eigenvalue weighted by Gasteiger charge is 2.17. The number of amides is 1. The van der Waals surface area contributed by atoms with Gasteiger partial charge in [0, 0.05) is 6.54 Å². The van der Waals surface area contributed by atoms with E-state index in [0.29, 0.717) is 5.56 Å². The fourth-order valence-corrected chi connectivity index (χ4v) is 2.01. The molecule has 0 fully saturated rings. The molecule has 0 spiro atoms. The van der Waals surface area contributed by atoms with Gasteiger partial charge in [-0.2, -0.15) is 0 Å². The maximum absolute atomic E-state index is 12.8. The molecule has 5 nitrogen and oxygen atoms in total. The maximum atomic E-state index is 12.8. The zero-order valence-corrected chi connectivity index (χ0v) is 13.2. The SMILES string of the molecule is C[C@H](OC(=O)Cc1ccc(O)cc1)C(=O)NCc1ccc(F)cc1. The first-order valence-electron chi connectivity index (χ1n) is 7.43. The number of carbonyl (C=O) groups excluding carboxylic acids is 2. The smallest absolute Gasteiger partial charge is 0.311 e. The van der Waals surface area contributed by atoms with Gasteiger partial charge in [-0.25, -0.2) is 4.39 Å². The topological polar surface area (TPSA) is 75.6 Å². The summed E-state index contributed by atoms with van der Waals surface area (Å²) in [5.41, 5.74) is 1.42. The van der Waals surface area contributed by atoms with Crippen LogP contribution in [0.5, 0.6) is 5.75 Å². The van der Waals surface area contributed by atoms with E-state index in [9.17, 15) is 19.1 Å². The molecule has 0 saturated carbocycles. The van der Waals surface area contributed by atoms with Crippen LogP contribution in [-0.4, -0.2) is 23.1 Å². The number of phenolic OH excluding ortho intramolecular Hbond substituents is 1. The molecule has 0 radical (unpaired) electrons.